The minimum absolute atomic E-state index is 0.0267. The Bertz CT molecular complexity index is 829. The smallest absolute Gasteiger partial charge is 0.248 e. The van der Waals surface area contributed by atoms with Crippen molar-refractivity contribution in [2.24, 2.45) is 17.8 Å². The van der Waals surface area contributed by atoms with E-state index in [1.54, 1.807) is 33.9 Å². The van der Waals surface area contributed by atoms with Gasteiger partial charge in [-0.2, -0.15) is 0 Å². The number of aliphatic hydroxyl groups excluding tert-OH is 1. The average Bonchev–Trinajstić information content (AvgIpc) is 3.44. The highest BCUT2D eigenvalue weighted by atomic mass is 16.5. The molecule has 0 aromatic rings. The third-order valence-electron chi connectivity index (χ3n) is 8.11. The highest BCUT2D eigenvalue weighted by Crippen LogP contribution is 2.59. The summed E-state index contributed by atoms with van der Waals surface area (Å²) < 4.78 is 6.51. The van der Waals surface area contributed by atoms with Gasteiger partial charge in [-0.05, 0) is 32.6 Å². The molecular weight excluding hydrogens is 434 g/mol. The second-order valence-corrected chi connectivity index (χ2v) is 10.3. The summed E-state index contributed by atoms with van der Waals surface area (Å²) in [5.41, 5.74) is -1.07. The first-order valence-electron chi connectivity index (χ1n) is 12.5. The number of hydrogen-bond donors (Lipinski definition) is 1. The van der Waals surface area contributed by atoms with E-state index in [9.17, 15) is 19.5 Å². The zero-order valence-corrected chi connectivity index (χ0v) is 21.3. The normalized spacial score (nSPS) is 31.4. The molecule has 7 atom stereocenters. The fourth-order valence-electron chi connectivity index (χ4n) is 6.21. The van der Waals surface area contributed by atoms with Gasteiger partial charge in [-0.15, -0.1) is 13.2 Å². The molecule has 8 heteroatoms. The fourth-order valence-corrected chi connectivity index (χ4v) is 6.21. The molecule has 34 heavy (non-hydrogen) atoms. The van der Waals surface area contributed by atoms with E-state index >= 15 is 0 Å². The standard InChI is InChI=1S/C26H41N3O5/c1-8-13-27(7)23(31)20-19-11-12-26(34-19)21(20)24(32)29(18(15-30)17(6)10-3)22(26)25(33)28(14-9-2)16(4)5/h8-9,16-22,30H,1-2,10-15H2,3-7H3/t17-,18-,19-,20+,21-,22?,26?/m0/s1. The zero-order valence-electron chi connectivity index (χ0n) is 21.3. The van der Waals surface area contributed by atoms with E-state index in [0.29, 0.717) is 25.9 Å². The fraction of sp³-hybridized carbons (Fsp3) is 0.731. The summed E-state index contributed by atoms with van der Waals surface area (Å²) in [7, 11) is 1.70. The summed E-state index contributed by atoms with van der Waals surface area (Å²) in [6.07, 6.45) is 4.83. The van der Waals surface area contributed by atoms with Crippen molar-refractivity contribution in [3.63, 3.8) is 0 Å². The maximum Gasteiger partial charge on any atom is 0.248 e. The Morgan fingerprint density at radius 3 is 2.41 bits per heavy atom. The summed E-state index contributed by atoms with van der Waals surface area (Å²) in [6.45, 7) is 15.8. The van der Waals surface area contributed by atoms with Gasteiger partial charge in [0, 0.05) is 26.2 Å². The minimum Gasteiger partial charge on any atom is -0.394 e. The SMILES string of the molecule is C=CCN(C)C(=O)[C@@H]1[C@@H]2CCC3(O2)C(C(=O)N(CC=C)C(C)C)N([C@@H](CO)[C@@H](C)CC)C(=O)[C@H]13. The summed E-state index contributed by atoms with van der Waals surface area (Å²) >= 11 is 0. The van der Waals surface area contributed by atoms with Crippen LogP contribution in [-0.2, 0) is 19.1 Å². The van der Waals surface area contributed by atoms with E-state index in [1.807, 2.05) is 27.7 Å². The Kier molecular flexibility index (Phi) is 7.92. The number of hydrogen-bond acceptors (Lipinski definition) is 5. The van der Waals surface area contributed by atoms with Crippen molar-refractivity contribution in [2.75, 3.05) is 26.7 Å². The van der Waals surface area contributed by atoms with Crippen LogP contribution in [0, 0.1) is 17.8 Å². The number of rotatable bonds is 11. The van der Waals surface area contributed by atoms with Crippen LogP contribution in [0.3, 0.4) is 0 Å². The third kappa shape index (κ3) is 3.98. The summed E-state index contributed by atoms with van der Waals surface area (Å²) in [4.78, 5) is 46.5. The third-order valence-corrected chi connectivity index (χ3v) is 8.11. The lowest BCUT2D eigenvalue weighted by molar-refractivity contribution is -0.153. The average molecular weight is 476 g/mol. The van der Waals surface area contributed by atoms with Gasteiger partial charge in [0.15, 0.2) is 0 Å². The van der Waals surface area contributed by atoms with Crippen LogP contribution in [0.15, 0.2) is 25.3 Å². The molecule has 3 fully saturated rings. The Balaban J connectivity index is 2.12. The van der Waals surface area contributed by atoms with Gasteiger partial charge < -0.3 is 24.5 Å². The molecule has 190 valence electrons. The van der Waals surface area contributed by atoms with E-state index in [2.05, 4.69) is 13.2 Å². The van der Waals surface area contributed by atoms with E-state index in [1.165, 1.54) is 0 Å². The molecule has 0 radical (unpaired) electrons. The molecule has 1 N–H and O–H groups in total. The molecule has 0 aromatic carbocycles. The van der Waals surface area contributed by atoms with E-state index in [0.717, 1.165) is 6.42 Å². The second kappa shape index (κ2) is 10.2. The quantitative estimate of drug-likeness (QED) is 0.461. The molecule has 0 saturated carbocycles. The van der Waals surface area contributed by atoms with Gasteiger partial charge in [0.2, 0.25) is 17.7 Å². The second-order valence-electron chi connectivity index (χ2n) is 10.3. The maximum atomic E-state index is 14.1. The van der Waals surface area contributed by atoms with Crippen molar-refractivity contribution < 1.29 is 24.2 Å². The highest BCUT2D eigenvalue weighted by Gasteiger charge is 2.75. The van der Waals surface area contributed by atoms with Crippen LogP contribution < -0.4 is 0 Å². The molecule has 0 aliphatic carbocycles. The number of likely N-dealkylation sites (N-methyl/N-ethyl adjacent to an activating group) is 1. The number of ether oxygens (including phenoxy) is 1. The zero-order chi connectivity index (χ0) is 25.4. The number of carbonyl (C=O) groups excluding carboxylic acids is 3. The molecule has 2 unspecified atom stereocenters. The van der Waals surface area contributed by atoms with Crippen LogP contribution >= 0.6 is 0 Å². The van der Waals surface area contributed by atoms with Gasteiger partial charge in [-0.25, -0.2) is 0 Å². The van der Waals surface area contributed by atoms with Gasteiger partial charge in [-0.1, -0.05) is 32.4 Å². The molecule has 3 rings (SSSR count). The van der Waals surface area contributed by atoms with Crippen molar-refractivity contribution in [3.8, 4) is 0 Å². The number of carbonyl (C=O) groups is 3. The lowest BCUT2D eigenvalue weighted by Crippen LogP contribution is -2.60. The highest BCUT2D eigenvalue weighted by molar-refractivity contribution is 5.99. The van der Waals surface area contributed by atoms with E-state index in [-0.39, 0.29) is 36.3 Å². The predicted octanol–water partition coefficient (Wildman–Crippen LogP) is 1.84. The molecule has 0 aromatic heterocycles. The number of aliphatic hydroxyl groups is 1. The first kappa shape index (κ1) is 26.4. The van der Waals surface area contributed by atoms with Gasteiger partial charge in [0.25, 0.3) is 0 Å². The first-order chi connectivity index (χ1) is 16.1. The van der Waals surface area contributed by atoms with Crippen LogP contribution in [0.5, 0.6) is 0 Å². The topological polar surface area (TPSA) is 90.4 Å². The number of likely N-dealkylation sites (tertiary alicyclic amines) is 1. The van der Waals surface area contributed by atoms with Gasteiger partial charge in [0.1, 0.15) is 11.6 Å². The Morgan fingerprint density at radius 2 is 1.88 bits per heavy atom. The largest absolute Gasteiger partial charge is 0.394 e. The Labute approximate surface area is 203 Å². The molecule has 3 heterocycles. The van der Waals surface area contributed by atoms with E-state index < -0.39 is 35.6 Å². The molecular formula is C26H41N3O5. The lowest BCUT2D eigenvalue weighted by Gasteiger charge is -2.41. The van der Waals surface area contributed by atoms with Crippen molar-refractivity contribution in [1.82, 2.24) is 14.7 Å². The Morgan fingerprint density at radius 1 is 1.24 bits per heavy atom. The predicted molar refractivity (Wildman–Crippen MR) is 130 cm³/mol. The van der Waals surface area contributed by atoms with Crippen molar-refractivity contribution >= 4 is 17.7 Å². The van der Waals surface area contributed by atoms with Gasteiger partial charge in [0.05, 0.1) is 30.6 Å². The summed E-state index contributed by atoms with van der Waals surface area (Å²) in [5, 5.41) is 10.4. The van der Waals surface area contributed by atoms with Crippen LogP contribution in [0.1, 0.15) is 47.0 Å². The molecule has 8 nitrogen and oxygen atoms in total. The van der Waals surface area contributed by atoms with Crippen molar-refractivity contribution in [2.45, 2.75) is 76.8 Å². The first-order valence-corrected chi connectivity index (χ1v) is 12.5. The summed E-state index contributed by atoms with van der Waals surface area (Å²) in [6, 6.07) is -1.52. The maximum absolute atomic E-state index is 14.1. The lowest BCUT2D eigenvalue weighted by atomic mass is 9.70. The van der Waals surface area contributed by atoms with Crippen molar-refractivity contribution in [1.29, 1.82) is 0 Å². The molecule has 2 bridgehead atoms. The van der Waals surface area contributed by atoms with E-state index in [4.69, 9.17) is 4.74 Å². The number of amides is 3. The molecule has 1 spiro atoms. The molecule has 3 aliphatic rings. The monoisotopic (exact) mass is 475 g/mol. The minimum atomic E-state index is -1.07. The van der Waals surface area contributed by atoms with Gasteiger partial charge in [-0.3, -0.25) is 14.4 Å². The summed E-state index contributed by atoms with van der Waals surface area (Å²) in [5.74, 6) is -2.03. The van der Waals surface area contributed by atoms with Crippen LogP contribution in [-0.4, -0.2) is 94.1 Å². The van der Waals surface area contributed by atoms with Crippen molar-refractivity contribution in [3.05, 3.63) is 25.3 Å². The van der Waals surface area contributed by atoms with Crippen LogP contribution in [0.4, 0.5) is 0 Å². The van der Waals surface area contributed by atoms with Crippen LogP contribution in [0.25, 0.3) is 0 Å². The molecule has 3 amide bonds. The molecule has 3 aliphatic heterocycles. The van der Waals surface area contributed by atoms with Gasteiger partial charge >= 0.3 is 0 Å². The van der Waals surface area contributed by atoms with Crippen LogP contribution in [0.2, 0.25) is 0 Å². The number of nitrogens with zero attached hydrogens (tertiary/aromatic N) is 3. The number of fused-ring (bicyclic) bond motifs is 1. The Hall–Kier alpha value is -2.19. The molecule has 3 saturated heterocycles.